The van der Waals surface area contributed by atoms with Crippen LogP contribution in [0.15, 0.2) is 55.0 Å². The van der Waals surface area contributed by atoms with Gasteiger partial charge in [0.1, 0.15) is 5.82 Å². The van der Waals surface area contributed by atoms with Crippen molar-refractivity contribution in [3.63, 3.8) is 0 Å². The lowest BCUT2D eigenvalue weighted by atomic mass is 10.0. The number of nitrogens with one attached hydrogen (secondary N) is 1. The lowest BCUT2D eigenvalue weighted by molar-refractivity contribution is 0.558. The lowest BCUT2D eigenvalue weighted by Gasteiger charge is -2.15. The zero-order valence-corrected chi connectivity index (χ0v) is 11.3. The van der Waals surface area contributed by atoms with Crippen LogP contribution in [-0.2, 0) is 6.42 Å². The lowest BCUT2D eigenvalue weighted by Crippen LogP contribution is -2.21. The fourth-order valence-electron chi connectivity index (χ4n) is 2.37. The predicted molar refractivity (Wildman–Crippen MR) is 79.3 cm³/mol. The number of fused-ring (bicyclic) bond motifs is 1. The summed E-state index contributed by atoms with van der Waals surface area (Å²) in [5, 5.41) is 4.47. The van der Waals surface area contributed by atoms with Crippen LogP contribution in [0.25, 0.3) is 10.9 Å². The van der Waals surface area contributed by atoms with Crippen molar-refractivity contribution in [1.29, 1.82) is 0 Å². The Morgan fingerprint density at radius 3 is 2.55 bits per heavy atom. The first kappa shape index (κ1) is 12.7. The molecule has 0 saturated heterocycles. The van der Waals surface area contributed by atoms with Crippen LogP contribution in [0.2, 0.25) is 0 Å². The maximum atomic E-state index is 4.40. The molecule has 0 aliphatic rings. The number of benzene rings is 1. The van der Waals surface area contributed by atoms with Crippen molar-refractivity contribution >= 4 is 10.9 Å². The summed E-state index contributed by atoms with van der Waals surface area (Å²) < 4.78 is 0. The average molecular weight is 264 g/mol. The van der Waals surface area contributed by atoms with Crippen molar-refractivity contribution in [3.05, 3.63) is 66.4 Å². The van der Waals surface area contributed by atoms with Gasteiger partial charge in [-0.15, -0.1) is 0 Å². The molecule has 2 aromatic heterocycles. The van der Waals surface area contributed by atoms with E-state index in [2.05, 4.69) is 32.4 Å². The Kier molecular flexibility index (Phi) is 3.65. The predicted octanol–water partition coefficient (Wildman–Crippen LogP) is 2.53. The second kappa shape index (κ2) is 5.75. The number of para-hydroxylation sites is 1. The minimum Gasteiger partial charge on any atom is -0.310 e. The third-order valence-corrected chi connectivity index (χ3v) is 3.41. The van der Waals surface area contributed by atoms with Gasteiger partial charge in [-0.2, -0.15) is 0 Å². The largest absolute Gasteiger partial charge is 0.310 e. The number of hydrogen-bond donors (Lipinski definition) is 1. The van der Waals surface area contributed by atoms with E-state index in [1.54, 1.807) is 12.4 Å². The summed E-state index contributed by atoms with van der Waals surface area (Å²) in [5.41, 5.74) is 2.27. The minimum absolute atomic E-state index is 0.0991. The first-order chi connectivity index (χ1) is 9.88. The van der Waals surface area contributed by atoms with E-state index in [0.29, 0.717) is 0 Å². The van der Waals surface area contributed by atoms with Gasteiger partial charge in [-0.25, -0.2) is 9.97 Å². The van der Waals surface area contributed by atoms with Crippen molar-refractivity contribution in [2.75, 3.05) is 7.05 Å². The van der Waals surface area contributed by atoms with Gasteiger partial charge in [0.05, 0.1) is 11.6 Å². The molecule has 0 aliphatic carbocycles. The molecule has 0 fully saturated rings. The van der Waals surface area contributed by atoms with Gasteiger partial charge in [-0.3, -0.25) is 4.98 Å². The van der Waals surface area contributed by atoms with Gasteiger partial charge in [-0.1, -0.05) is 18.2 Å². The normalized spacial score (nSPS) is 12.4. The van der Waals surface area contributed by atoms with E-state index in [4.69, 9.17) is 0 Å². The summed E-state index contributed by atoms with van der Waals surface area (Å²) in [5.74, 6) is 0.816. The molecule has 0 aliphatic heterocycles. The van der Waals surface area contributed by atoms with Crippen LogP contribution < -0.4 is 5.32 Å². The van der Waals surface area contributed by atoms with Crippen molar-refractivity contribution < 1.29 is 0 Å². The molecule has 100 valence electrons. The van der Waals surface area contributed by atoms with Gasteiger partial charge in [0, 0.05) is 24.0 Å². The highest BCUT2D eigenvalue weighted by Gasteiger charge is 2.14. The van der Waals surface area contributed by atoms with Crippen LogP contribution in [0.3, 0.4) is 0 Å². The summed E-state index contributed by atoms with van der Waals surface area (Å²) in [6, 6.07) is 12.2. The fourth-order valence-corrected chi connectivity index (χ4v) is 2.37. The molecule has 3 rings (SSSR count). The maximum absolute atomic E-state index is 4.40. The second-order valence-electron chi connectivity index (χ2n) is 4.64. The van der Waals surface area contributed by atoms with E-state index < -0.39 is 0 Å². The van der Waals surface area contributed by atoms with E-state index in [-0.39, 0.29) is 6.04 Å². The third-order valence-electron chi connectivity index (χ3n) is 3.41. The Labute approximate surface area is 117 Å². The number of rotatable bonds is 4. The highest BCUT2D eigenvalue weighted by atomic mass is 15.0. The van der Waals surface area contributed by atoms with Gasteiger partial charge in [0.2, 0.25) is 0 Å². The van der Waals surface area contributed by atoms with Crippen molar-refractivity contribution in [2.45, 2.75) is 12.5 Å². The molecule has 1 atom stereocenters. The van der Waals surface area contributed by atoms with Gasteiger partial charge in [0.25, 0.3) is 0 Å². The molecule has 4 heteroatoms. The molecule has 0 bridgehead atoms. The summed E-state index contributed by atoms with van der Waals surface area (Å²) in [6.07, 6.45) is 6.24. The molecule has 1 N–H and O–H groups in total. The smallest absolute Gasteiger partial charge is 0.145 e. The van der Waals surface area contributed by atoms with E-state index in [1.165, 1.54) is 10.9 Å². The van der Waals surface area contributed by atoms with Crippen molar-refractivity contribution in [3.8, 4) is 0 Å². The molecular formula is C16H16N4. The van der Waals surface area contributed by atoms with Crippen LogP contribution in [0.1, 0.15) is 17.4 Å². The van der Waals surface area contributed by atoms with E-state index in [9.17, 15) is 0 Å². The van der Waals surface area contributed by atoms with Gasteiger partial charge >= 0.3 is 0 Å². The molecule has 1 unspecified atom stereocenters. The maximum Gasteiger partial charge on any atom is 0.145 e. The Hall–Kier alpha value is -2.33. The van der Waals surface area contributed by atoms with Crippen LogP contribution in [-0.4, -0.2) is 22.0 Å². The van der Waals surface area contributed by atoms with Crippen LogP contribution in [0, 0.1) is 0 Å². The molecule has 2 heterocycles. The highest BCUT2D eigenvalue weighted by Crippen LogP contribution is 2.21. The Bertz CT molecular complexity index is 692. The van der Waals surface area contributed by atoms with Crippen molar-refractivity contribution in [2.24, 2.45) is 0 Å². The summed E-state index contributed by atoms with van der Waals surface area (Å²) in [7, 11) is 1.93. The number of hydrogen-bond acceptors (Lipinski definition) is 4. The zero-order chi connectivity index (χ0) is 13.8. The number of likely N-dealkylation sites (N-methyl/N-ethyl adjacent to an activating group) is 1. The second-order valence-corrected chi connectivity index (χ2v) is 4.64. The Morgan fingerprint density at radius 1 is 0.950 bits per heavy atom. The molecule has 0 amide bonds. The molecule has 0 spiro atoms. The van der Waals surface area contributed by atoms with Gasteiger partial charge in [0.15, 0.2) is 0 Å². The monoisotopic (exact) mass is 264 g/mol. The van der Waals surface area contributed by atoms with Crippen LogP contribution in [0.4, 0.5) is 0 Å². The molecule has 1 aromatic carbocycles. The first-order valence-corrected chi connectivity index (χ1v) is 6.65. The van der Waals surface area contributed by atoms with Crippen LogP contribution in [0.5, 0.6) is 0 Å². The average Bonchev–Trinajstić information content (AvgIpc) is 2.53. The molecule has 0 radical (unpaired) electrons. The van der Waals surface area contributed by atoms with Crippen LogP contribution >= 0.6 is 0 Å². The first-order valence-electron chi connectivity index (χ1n) is 6.65. The quantitative estimate of drug-likeness (QED) is 0.786. The Balaban J connectivity index is 1.96. The molecule has 4 nitrogen and oxygen atoms in total. The van der Waals surface area contributed by atoms with Gasteiger partial charge < -0.3 is 5.32 Å². The SMILES string of the molecule is CNC(Cc1ccnc2ccccc12)c1ncccn1. The van der Waals surface area contributed by atoms with E-state index in [0.717, 1.165) is 17.8 Å². The highest BCUT2D eigenvalue weighted by molar-refractivity contribution is 5.81. The summed E-state index contributed by atoms with van der Waals surface area (Å²) >= 11 is 0. The molecular weight excluding hydrogens is 248 g/mol. The van der Waals surface area contributed by atoms with E-state index >= 15 is 0 Å². The summed E-state index contributed by atoms with van der Waals surface area (Å²) in [6.45, 7) is 0. The topological polar surface area (TPSA) is 50.7 Å². The Morgan fingerprint density at radius 2 is 1.75 bits per heavy atom. The fraction of sp³-hybridized carbons (Fsp3) is 0.188. The molecule has 3 aromatic rings. The standard InChI is InChI=1S/C16H16N4/c1-17-15(16-19-8-4-9-20-16)11-12-7-10-18-14-6-3-2-5-13(12)14/h2-10,15,17H,11H2,1H3. The number of nitrogens with zero attached hydrogens (tertiary/aromatic N) is 3. The molecule has 20 heavy (non-hydrogen) atoms. The van der Waals surface area contributed by atoms with Crippen molar-refractivity contribution in [1.82, 2.24) is 20.3 Å². The molecule has 0 saturated carbocycles. The van der Waals surface area contributed by atoms with Gasteiger partial charge in [-0.05, 0) is 37.2 Å². The number of aromatic nitrogens is 3. The van der Waals surface area contributed by atoms with E-state index in [1.807, 2.05) is 37.5 Å². The number of pyridine rings is 1. The minimum atomic E-state index is 0.0991. The summed E-state index contributed by atoms with van der Waals surface area (Å²) in [4.78, 5) is 13.1. The third kappa shape index (κ3) is 2.51. The zero-order valence-electron chi connectivity index (χ0n) is 11.3.